The minimum atomic E-state index is 0.302. The summed E-state index contributed by atoms with van der Waals surface area (Å²) in [6.45, 7) is 7.69. The van der Waals surface area contributed by atoms with Crippen LogP contribution in [0, 0.1) is 5.41 Å². The molecule has 0 spiro atoms. The highest BCUT2D eigenvalue weighted by Gasteiger charge is 2.29. The topological polar surface area (TPSA) is 18.5 Å². The van der Waals surface area contributed by atoms with Crippen molar-refractivity contribution in [2.24, 2.45) is 5.41 Å². The van der Waals surface area contributed by atoms with E-state index in [0.717, 1.165) is 32.8 Å². The van der Waals surface area contributed by atoms with Crippen LogP contribution in [0.3, 0.4) is 0 Å². The van der Waals surface area contributed by atoms with Gasteiger partial charge in [0.25, 0.3) is 0 Å². The second-order valence-electron chi connectivity index (χ2n) is 3.25. The molecule has 1 heterocycles. The van der Waals surface area contributed by atoms with Crippen LogP contribution in [0.15, 0.2) is 0 Å². The lowest BCUT2D eigenvalue weighted by Crippen LogP contribution is -2.23. The summed E-state index contributed by atoms with van der Waals surface area (Å²) in [5.74, 6) is 0. The molecule has 0 bridgehead atoms. The number of rotatable bonds is 3. The first kappa shape index (κ1) is 8.02. The smallest absolute Gasteiger partial charge is 0.0542 e. The lowest BCUT2D eigenvalue weighted by Gasteiger charge is -2.20. The van der Waals surface area contributed by atoms with Crippen molar-refractivity contribution in [3.8, 4) is 0 Å². The fourth-order valence-corrected chi connectivity index (χ4v) is 1.17. The monoisotopic (exact) mass is 144 g/mol. The molecule has 10 heavy (non-hydrogen) atoms. The molecular formula is C8H16O2. The minimum absolute atomic E-state index is 0.302. The van der Waals surface area contributed by atoms with Crippen LogP contribution in [-0.2, 0) is 9.47 Å². The quantitative estimate of drug-likeness (QED) is 0.597. The molecule has 0 aromatic heterocycles. The lowest BCUT2D eigenvalue weighted by molar-refractivity contribution is 0.0504. The number of ether oxygens (including phenoxy) is 2. The third-order valence-corrected chi connectivity index (χ3v) is 1.96. The van der Waals surface area contributed by atoms with E-state index in [9.17, 15) is 0 Å². The van der Waals surface area contributed by atoms with Gasteiger partial charge in [-0.3, -0.25) is 0 Å². The summed E-state index contributed by atoms with van der Waals surface area (Å²) in [7, 11) is 0. The fourth-order valence-electron chi connectivity index (χ4n) is 1.17. The van der Waals surface area contributed by atoms with Crippen molar-refractivity contribution >= 4 is 0 Å². The Balaban J connectivity index is 2.22. The van der Waals surface area contributed by atoms with Gasteiger partial charge in [-0.15, -0.1) is 0 Å². The van der Waals surface area contributed by atoms with Gasteiger partial charge >= 0.3 is 0 Å². The van der Waals surface area contributed by atoms with Gasteiger partial charge in [-0.05, 0) is 13.3 Å². The molecule has 0 radical (unpaired) electrons. The summed E-state index contributed by atoms with van der Waals surface area (Å²) >= 11 is 0. The molecule has 1 atom stereocenters. The van der Waals surface area contributed by atoms with E-state index in [1.54, 1.807) is 0 Å². The van der Waals surface area contributed by atoms with E-state index in [4.69, 9.17) is 9.47 Å². The van der Waals surface area contributed by atoms with Crippen molar-refractivity contribution in [1.82, 2.24) is 0 Å². The molecule has 2 heteroatoms. The average Bonchev–Trinajstić information content (AvgIpc) is 2.33. The van der Waals surface area contributed by atoms with Gasteiger partial charge in [-0.2, -0.15) is 0 Å². The molecule has 2 nitrogen and oxygen atoms in total. The van der Waals surface area contributed by atoms with Crippen LogP contribution in [0.25, 0.3) is 0 Å². The number of hydrogen-bond donors (Lipinski definition) is 0. The van der Waals surface area contributed by atoms with Gasteiger partial charge in [-0.1, -0.05) is 6.92 Å². The Bertz CT molecular complexity index is 95.4. The van der Waals surface area contributed by atoms with Gasteiger partial charge < -0.3 is 9.47 Å². The zero-order valence-corrected chi connectivity index (χ0v) is 6.85. The van der Waals surface area contributed by atoms with Gasteiger partial charge in [0.15, 0.2) is 0 Å². The molecule has 1 rings (SSSR count). The molecule has 1 saturated heterocycles. The summed E-state index contributed by atoms with van der Waals surface area (Å²) in [5, 5.41) is 0. The molecule has 1 fully saturated rings. The Kier molecular flexibility index (Phi) is 2.69. The van der Waals surface area contributed by atoms with E-state index in [1.165, 1.54) is 0 Å². The second kappa shape index (κ2) is 3.35. The van der Waals surface area contributed by atoms with Crippen molar-refractivity contribution < 1.29 is 9.47 Å². The van der Waals surface area contributed by atoms with Gasteiger partial charge in [-0.25, -0.2) is 0 Å². The highest BCUT2D eigenvalue weighted by Crippen LogP contribution is 2.27. The molecule has 1 unspecified atom stereocenters. The van der Waals surface area contributed by atoms with Gasteiger partial charge in [0.1, 0.15) is 0 Å². The predicted octanol–water partition coefficient (Wildman–Crippen LogP) is 1.45. The van der Waals surface area contributed by atoms with Crippen molar-refractivity contribution in [2.75, 3.05) is 26.4 Å². The summed E-state index contributed by atoms with van der Waals surface area (Å²) < 4.78 is 10.6. The largest absolute Gasteiger partial charge is 0.381 e. The molecule has 0 aliphatic carbocycles. The summed E-state index contributed by atoms with van der Waals surface area (Å²) in [6, 6.07) is 0. The minimum Gasteiger partial charge on any atom is -0.381 e. The van der Waals surface area contributed by atoms with E-state index in [0.29, 0.717) is 5.41 Å². The highest BCUT2D eigenvalue weighted by molar-refractivity contribution is 4.77. The third kappa shape index (κ3) is 1.96. The van der Waals surface area contributed by atoms with Crippen molar-refractivity contribution in [3.63, 3.8) is 0 Å². The van der Waals surface area contributed by atoms with Crippen LogP contribution in [0.4, 0.5) is 0 Å². The first-order chi connectivity index (χ1) is 4.77. The molecule has 1 aliphatic heterocycles. The number of hydrogen-bond acceptors (Lipinski definition) is 2. The van der Waals surface area contributed by atoms with Crippen LogP contribution in [0.2, 0.25) is 0 Å². The molecule has 0 amide bonds. The molecule has 60 valence electrons. The zero-order valence-electron chi connectivity index (χ0n) is 6.85. The normalized spacial score (nSPS) is 33.0. The van der Waals surface area contributed by atoms with E-state index in [1.807, 2.05) is 6.92 Å². The van der Waals surface area contributed by atoms with Crippen LogP contribution >= 0.6 is 0 Å². The van der Waals surface area contributed by atoms with Crippen molar-refractivity contribution in [1.29, 1.82) is 0 Å². The third-order valence-electron chi connectivity index (χ3n) is 1.96. The SMILES string of the molecule is CCOCC1(C)CCOC1. The molecular weight excluding hydrogens is 128 g/mol. The van der Waals surface area contributed by atoms with E-state index in [2.05, 4.69) is 6.92 Å². The maximum atomic E-state index is 5.34. The summed E-state index contributed by atoms with van der Waals surface area (Å²) in [6.07, 6.45) is 1.15. The first-order valence-electron chi connectivity index (χ1n) is 3.92. The predicted molar refractivity (Wildman–Crippen MR) is 40.0 cm³/mol. The highest BCUT2D eigenvalue weighted by atomic mass is 16.5. The van der Waals surface area contributed by atoms with Crippen molar-refractivity contribution in [3.05, 3.63) is 0 Å². The Morgan fingerprint density at radius 2 is 2.40 bits per heavy atom. The Labute approximate surface area is 62.5 Å². The van der Waals surface area contributed by atoms with E-state index >= 15 is 0 Å². The van der Waals surface area contributed by atoms with Crippen LogP contribution in [0.5, 0.6) is 0 Å². The Hall–Kier alpha value is -0.0800. The summed E-state index contributed by atoms with van der Waals surface area (Å²) in [5.41, 5.74) is 0.302. The van der Waals surface area contributed by atoms with E-state index < -0.39 is 0 Å². The first-order valence-corrected chi connectivity index (χ1v) is 3.92. The Morgan fingerprint density at radius 3 is 2.90 bits per heavy atom. The average molecular weight is 144 g/mol. The van der Waals surface area contributed by atoms with Crippen LogP contribution in [-0.4, -0.2) is 26.4 Å². The molecule has 1 aliphatic rings. The Morgan fingerprint density at radius 1 is 1.60 bits per heavy atom. The van der Waals surface area contributed by atoms with Gasteiger partial charge in [0.2, 0.25) is 0 Å². The van der Waals surface area contributed by atoms with Crippen LogP contribution < -0.4 is 0 Å². The lowest BCUT2D eigenvalue weighted by atomic mass is 9.91. The molecule has 0 aromatic carbocycles. The molecule has 0 N–H and O–H groups in total. The maximum absolute atomic E-state index is 5.34. The fraction of sp³-hybridized carbons (Fsp3) is 1.00. The van der Waals surface area contributed by atoms with Crippen molar-refractivity contribution in [2.45, 2.75) is 20.3 Å². The standard InChI is InChI=1S/C8H16O2/c1-3-9-6-8(2)4-5-10-7-8/h3-7H2,1-2H3. The van der Waals surface area contributed by atoms with E-state index in [-0.39, 0.29) is 0 Å². The second-order valence-corrected chi connectivity index (χ2v) is 3.25. The molecule has 0 saturated carbocycles. The molecule has 0 aromatic rings. The zero-order chi connectivity index (χ0) is 7.45. The van der Waals surface area contributed by atoms with Gasteiger partial charge in [0.05, 0.1) is 13.2 Å². The van der Waals surface area contributed by atoms with Gasteiger partial charge in [0, 0.05) is 18.6 Å². The van der Waals surface area contributed by atoms with Crippen LogP contribution in [0.1, 0.15) is 20.3 Å². The maximum Gasteiger partial charge on any atom is 0.0542 e. The summed E-state index contributed by atoms with van der Waals surface area (Å²) in [4.78, 5) is 0.